The average Bonchev–Trinajstić information content (AvgIpc) is 2.34. The standard InChI is InChI=1S/C13H14O4S/c1-18(15,16)17-9-13(14)12-7-6-10-4-2-3-5-11(10)8-12/h2-8,13-14H,9H2,1H3. The van der Waals surface area contributed by atoms with Crippen LogP contribution in [0.3, 0.4) is 0 Å². The van der Waals surface area contributed by atoms with Crippen LogP contribution in [0.5, 0.6) is 0 Å². The Bertz CT molecular complexity index is 649. The second-order valence-corrected chi connectivity index (χ2v) is 5.75. The Labute approximate surface area is 106 Å². The third-order valence-electron chi connectivity index (χ3n) is 2.60. The van der Waals surface area contributed by atoms with Gasteiger partial charge < -0.3 is 5.11 Å². The Morgan fingerprint density at radius 1 is 1.17 bits per heavy atom. The number of hydrogen-bond acceptors (Lipinski definition) is 4. The molecule has 18 heavy (non-hydrogen) atoms. The maximum Gasteiger partial charge on any atom is 0.264 e. The maximum absolute atomic E-state index is 10.8. The summed E-state index contributed by atoms with van der Waals surface area (Å²) in [5, 5.41) is 11.9. The second-order valence-electron chi connectivity index (χ2n) is 4.11. The quantitative estimate of drug-likeness (QED) is 0.858. The van der Waals surface area contributed by atoms with Crippen molar-refractivity contribution in [2.75, 3.05) is 12.9 Å². The molecule has 0 fully saturated rings. The first-order valence-electron chi connectivity index (χ1n) is 5.47. The first kappa shape index (κ1) is 13.0. The maximum atomic E-state index is 10.8. The summed E-state index contributed by atoms with van der Waals surface area (Å²) in [4.78, 5) is 0. The molecule has 2 rings (SSSR count). The van der Waals surface area contributed by atoms with Gasteiger partial charge in [-0.3, -0.25) is 4.18 Å². The fraction of sp³-hybridized carbons (Fsp3) is 0.231. The Balaban J connectivity index is 2.20. The summed E-state index contributed by atoms with van der Waals surface area (Å²) >= 11 is 0. The van der Waals surface area contributed by atoms with Crippen LogP contribution in [-0.4, -0.2) is 26.4 Å². The molecule has 1 N–H and O–H groups in total. The molecule has 0 spiro atoms. The van der Waals surface area contributed by atoms with Gasteiger partial charge in [-0.05, 0) is 22.4 Å². The monoisotopic (exact) mass is 266 g/mol. The van der Waals surface area contributed by atoms with Crippen LogP contribution in [0.1, 0.15) is 11.7 Å². The Hall–Kier alpha value is -1.43. The van der Waals surface area contributed by atoms with Crippen molar-refractivity contribution < 1.29 is 17.7 Å². The van der Waals surface area contributed by atoms with E-state index in [1.807, 2.05) is 36.4 Å². The minimum absolute atomic E-state index is 0.267. The molecular weight excluding hydrogens is 252 g/mol. The van der Waals surface area contributed by atoms with E-state index in [1.165, 1.54) is 0 Å². The van der Waals surface area contributed by atoms with Gasteiger partial charge in [0, 0.05) is 0 Å². The minimum Gasteiger partial charge on any atom is -0.386 e. The third kappa shape index (κ3) is 3.29. The van der Waals surface area contributed by atoms with Crippen LogP contribution in [0, 0.1) is 0 Å². The molecule has 0 heterocycles. The lowest BCUT2D eigenvalue weighted by Crippen LogP contribution is -2.11. The Morgan fingerprint density at radius 3 is 2.50 bits per heavy atom. The van der Waals surface area contributed by atoms with Crippen molar-refractivity contribution in [1.29, 1.82) is 0 Å². The van der Waals surface area contributed by atoms with Gasteiger partial charge in [0.05, 0.1) is 12.9 Å². The highest BCUT2D eigenvalue weighted by Crippen LogP contribution is 2.20. The molecule has 2 aromatic rings. The molecule has 4 nitrogen and oxygen atoms in total. The molecule has 0 aliphatic heterocycles. The predicted molar refractivity (Wildman–Crippen MR) is 69.7 cm³/mol. The highest BCUT2D eigenvalue weighted by molar-refractivity contribution is 7.85. The lowest BCUT2D eigenvalue weighted by molar-refractivity contribution is 0.112. The van der Waals surface area contributed by atoms with E-state index in [0.29, 0.717) is 5.56 Å². The molecular formula is C13H14O4S. The van der Waals surface area contributed by atoms with Crippen LogP contribution in [0.25, 0.3) is 10.8 Å². The average molecular weight is 266 g/mol. The van der Waals surface area contributed by atoms with E-state index in [4.69, 9.17) is 0 Å². The van der Waals surface area contributed by atoms with Gasteiger partial charge in [-0.15, -0.1) is 0 Å². The molecule has 0 aliphatic carbocycles. The molecule has 0 saturated carbocycles. The zero-order chi connectivity index (χ0) is 13.2. The van der Waals surface area contributed by atoms with Gasteiger partial charge in [0.1, 0.15) is 6.10 Å². The molecule has 0 bridgehead atoms. The summed E-state index contributed by atoms with van der Waals surface area (Å²) in [5.41, 5.74) is 0.636. The van der Waals surface area contributed by atoms with Crippen LogP contribution in [0.2, 0.25) is 0 Å². The largest absolute Gasteiger partial charge is 0.386 e. The first-order chi connectivity index (χ1) is 8.46. The van der Waals surface area contributed by atoms with Gasteiger partial charge in [-0.1, -0.05) is 36.4 Å². The molecule has 0 radical (unpaired) electrons. The van der Waals surface area contributed by atoms with Crippen molar-refractivity contribution >= 4 is 20.9 Å². The highest BCUT2D eigenvalue weighted by atomic mass is 32.2. The Kier molecular flexibility index (Phi) is 3.65. The predicted octanol–water partition coefficient (Wildman–Crippen LogP) is 1.85. The van der Waals surface area contributed by atoms with E-state index in [2.05, 4.69) is 4.18 Å². The number of benzene rings is 2. The van der Waals surface area contributed by atoms with E-state index in [0.717, 1.165) is 17.0 Å². The molecule has 0 aliphatic rings. The Morgan fingerprint density at radius 2 is 1.83 bits per heavy atom. The smallest absolute Gasteiger partial charge is 0.264 e. The van der Waals surface area contributed by atoms with Gasteiger partial charge in [-0.25, -0.2) is 0 Å². The van der Waals surface area contributed by atoms with E-state index in [9.17, 15) is 13.5 Å². The minimum atomic E-state index is -3.53. The molecule has 1 atom stereocenters. The summed E-state index contributed by atoms with van der Waals surface area (Å²) < 4.78 is 26.3. The van der Waals surface area contributed by atoms with Crippen LogP contribution in [-0.2, 0) is 14.3 Å². The molecule has 0 aromatic heterocycles. The number of fused-ring (bicyclic) bond motifs is 1. The van der Waals surface area contributed by atoms with Crippen molar-refractivity contribution in [2.45, 2.75) is 6.10 Å². The van der Waals surface area contributed by atoms with Gasteiger partial charge in [-0.2, -0.15) is 8.42 Å². The van der Waals surface area contributed by atoms with Crippen LogP contribution < -0.4 is 0 Å². The summed E-state index contributed by atoms with van der Waals surface area (Å²) in [6, 6.07) is 13.2. The fourth-order valence-electron chi connectivity index (χ4n) is 1.70. The zero-order valence-electron chi connectivity index (χ0n) is 9.91. The molecule has 2 aromatic carbocycles. The van der Waals surface area contributed by atoms with Crippen LogP contribution in [0.4, 0.5) is 0 Å². The van der Waals surface area contributed by atoms with Gasteiger partial charge >= 0.3 is 0 Å². The van der Waals surface area contributed by atoms with E-state index < -0.39 is 16.2 Å². The fourth-order valence-corrected chi connectivity index (χ4v) is 2.08. The molecule has 5 heteroatoms. The molecule has 0 amide bonds. The number of aliphatic hydroxyl groups is 1. The van der Waals surface area contributed by atoms with Crippen LogP contribution >= 0.6 is 0 Å². The normalized spacial score (nSPS) is 13.7. The number of rotatable bonds is 4. The summed E-state index contributed by atoms with van der Waals surface area (Å²) in [6.07, 6.45) is 0.00412. The van der Waals surface area contributed by atoms with E-state index in [1.54, 1.807) is 6.07 Å². The SMILES string of the molecule is CS(=O)(=O)OCC(O)c1ccc2ccccc2c1. The van der Waals surface area contributed by atoms with Crippen molar-refractivity contribution in [1.82, 2.24) is 0 Å². The lowest BCUT2D eigenvalue weighted by Gasteiger charge is -2.11. The lowest BCUT2D eigenvalue weighted by atomic mass is 10.0. The topological polar surface area (TPSA) is 63.6 Å². The molecule has 0 saturated heterocycles. The van der Waals surface area contributed by atoms with Crippen molar-refractivity contribution in [3.05, 3.63) is 48.0 Å². The number of hydrogen-bond donors (Lipinski definition) is 1. The summed E-state index contributed by atoms with van der Waals surface area (Å²) in [5.74, 6) is 0. The number of aliphatic hydroxyl groups excluding tert-OH is 1. The molecule has 1 unspecified atom stereocenters. The van der Waals surface area contributed by atoms with Gasteiger partial charge in [0.2, 0.25) is 0 Å². The first-order valence-corrected chi connectivity index (χ1v) is 7.28. The highest BCUT2D eigenvalue weighted by Gasteiger charge is 2.11. The molecule has 96 valence electrons. The van der Waals surface area contributed by atoms with Crippen LogP contribution in [0.15, 0.2) is 42.5 Å². The summed E-state index contributed by atoms with van der Waals surface area (Å²) in [7, 11) is -3.53. The van der Waals surface area contributed by atoms with Crippen molar-refractivity contribution in [3.63, 3.8) is 0 Å². The zero-order valence-corrected chi connectivity index (χ0v) is 10.7. The van der Waals surface area contributed by atoms with Crippen molar-refractivity contribution in [3.8, 4) is 0 Å². The van der Waals surface area contributed by atoms with Gasteiger partial charge in [0.25, 0.3) is 10.1 Å². The van der Waals surface area contributed by atoms with Gasteiger partial charge in [0.15, 0.2) is 0 Å². The third-order valence-corrected chi connectivity index (χ3v) is 3.16. The van der Waals surface area contributed by atoms with Crippen molar-refractivity contribution in [2.24, 2.45) is 0 Å². The van der Waals surface area contributed by atoms with E-state index >= 15 is 0 Å². The summed E-state index contributed by atoms with van der Waals surface area (Å²) in [6.45, 7) is -0.267. The second kappa shape index (κ2) is 5.06. The van der Waals surface area contributed by atoms with E-state index in [-0.39, 0.29) is 6.61 Å².